The Bertz CT molecular complexity index is 478. The Morgan fingerprint density at radius 1 is 1.27 bits per heavy atom. The Hall–Kier alpha value is -1.16. The molecule has 2 aromatic rings. The molecule has 3 rings (SSSR count). The maximum atomic E-state index is 4.37. The van der Waals surface area contributed by atoms with Crippen molar-refractivity contribution >= 4 is 15.9 Å². The molecule has 1 aliphatic rings. The molecule has 3 nitrogen and oxygen atoms in total. The second kappa shape index (κ2) is 3.45. The van der Waals surface area contributed by atoms with Crippen LogP contribution in [0.3, 0.4) is 0 Å². The molecule has 0 aliphatic carbocycles. The topological polar surface area (TPSA) is 30.7 Å². The second-order valence-corrected chi connectivity index (χ2v) is 4.42. The van der Waals surface area contributed by atoms with E-state index in [9.17, 15) is 0 Å². The molecule has 1 aliphatic heterocycles. The van der Waals surface area contributed by atoms with E-state index in [1.165, 1.54) is 5.56 Å². The molecule has 0 spiro atoms. The Balaban J connectivity index is 2.03. The number of aromatic nitrogens is 3. The summed E-state index contributed by atoms with van der Waals surface area (Å²) in [6.07, 6.45) is 2.12. The van der Waals surface area contributed by atoms with Gasteiger partial charge in [0.15, 0.2) is 0 Å². The van der Waals surface area contributed by atoms with Gasteiger partial charge < -0.3 is 0 Å². The number of benzene rings is 1. The van der Waals surface area contributed by atoms with E-state index >= 15 is 0 Å². The average molecular weight is 264 g/mol. The first-order chi connectivity index (χ1) is 7.34. The van der Waals surface area contributed by atoms with Gasteiger partial charge in [-0.15, -0.1) is 5.10 Å². The predicted octanol–water partition coefficient (Wildman–Crippen LogP) is 2.58. The monoisotopic (exact) mass is 263 g/mol. The third kappa shape index (κ3) is 1.49. The van der Waals surface area contributed by atoms with E-state index in [1.54, 1.807) is 0 Å². The van der Waals surface area contributed by atoms with Gasteiger partial charge in [0.05, 0.1) is 6.04 Å². The number of nitrogens with zero attached hydrogens (tertiary/aromatic N) is 3. The number of aryl methyl sites for hydroxylation is 1. The van der Waals surface area contributed by atoms with Gasteiger partial charge in [0.2, 0.25) is 4.73 Å². The first-order valence-corrected chi connectivity index (χ1v) is 5.80. The summed E-state index contributed by atoms with van der Waals surface area (Å²) in [7, 11) is 0. The zero-order chi connectivity index (χ0) is 10.3. The smallest absolute Gasteiger partial charge is 0.217 e. The second-order valence-electron chi connectivity index (χ2n) is 3.71. The molecule has 76 valence electrons. The lowest BCUT2D eigenvalue weighted by Gasteiger charge is -2.10. The minimum absolute atomic E-state index is 0.361. The van der Waals surface area contributed by atoms with Crippen LogP contribution in [0.25, 0.3) is 0 Å². The highest BCUT2D eigenvalue weighted by Crippen LogP contribution is 2.30. The number of halogens is 1. The summed E-state index contributed by atoms with van der Waals surface area (Å²) in [4.78, 5) is 4.34. The standard InChI is InChI=1S/C11H10BrN3/c12-11-13-10-7-6-9(15(10)14-11)8-4-2-1-3-5-8/h1-5,9H,6-7H2/t9-/m0/s1. The third-order valence-electron chi connectivity index (χ3n) is 2.80. The van der Waals surface area contributed by atoms with E-state index in [0.29, 0.717) is 10.8 Å². The van der Waals surface area contributed by atoms with Gasteiger partial charge >= 0.3 is 0 Å². The molecular weight excluding hydrogens is 254 g/mol. The number of hydrogen-bond acceptors (Lipinski definition) is 2. The summed E-state index contributed by atoms with van der Waals surface area (Å²) in [5.41, 5.74) is 1.31. The number of hydrogen-bond donors (Lipinski definition) is 0. The van der Waals surface area contributed by atoms with Gasteiger partial charge in [-0.1, -0.05) is 30.3 Å². The van der Waals surface area contributed by atoms with Crippen LogP contribution in [0.15, 0.2) is 35.1 Å². The van der Waals surface area contributed by atoms with Gasteiger partial charge in [-0.05, 0) is 27.9 Å². The maximum absolute atomic E-state index is 4.37. The van der Waals surface area contributed by atoms with Crippen LogP contribution in [0.4, 0.5) is 0 Å². The summed E-state index contributed by atoms with van der Waals surface area (Å²) in [5, 5.41) is 4.37. The van der Waals surface area contributed by atoms with Crippen LogP contribution in [-0.2, 0) is 6.42 Å². The Morgan fingerprint density at radius 3 is 2.87 bits per heavy atom. The van der Waals surface area contributed by atoms with Crippen molar-refractivity contribution in [2.75, 3.05) is 0 Å². The van der Waals surface area contributed by atoms with Crippen molar-refractivity contribution in [3.05, 3.63) is 46.5 Å². The largest absolute Gasteiger partial charge is 0.241 e. The highest BCUT2D eigenvalue weighted by atomic mass is 79.9. The zero-order valence-corrected chi connectivity index (χ0v) is 9.68. The molecule has 0 N–H and O–H groups in total. The van der Waals surface area contributed by atoms with Gasteiger partial charge in [0.25, 0.3) is 0 Å². The third-order valence-corrected chi connectivity index (χ3v) is 3.13. The van der Waals surface area contributed by atoms with Crippen molar-refractivity contribution in [3.8, 4) is 0 Å². The van der Waals surface area contributed by atoms with Crippen molar-refractivity contribution < 1.29 is 0 Å². The SMILES string of the molecule is Brc1nc2n(n1)[C@H](c1ccccc1)CC2. The Morgan fingerprint density at radius 2 is 2.07 bits per heavy atom. The van der Waals surface area contributed by atoms with E-state index in [2.05, 4.69) is 50.3 Å². The Kier molecular flexibility index (Phi) is 2.09. The van der Waals surface area contributed by atoms with Crippen molar-refractivity contribution in [1.82, 2.24) is 14.8 Å². The quantitative estimate of drug-likeness (QED) is 0.792. The summed E-state index contributed by atoms with van der Waals surface area (Å²) in [5.74, 6) is 1.08. The molecule has 15 heavy (non-hydrogen) atoms. The van der Waals surface area contributed by atoms with Gasteiger partial charge in [-0.2, -0.15) is 0 Å². The molecule has 4 heteroatoms. The normalized spacial score (nSPS) is 19.1. The van der Waals surface area contributed by atoms with Gasteiger partial charge in [0.1, 0.15) is 5.82 Å². The van der Waals surface area contributed by atoms with Crippen LogP contribution >= 0.6 is 15.9 Å². The van der Waals surface area contributed by atoms with Crippen molar-refractivity contribution in [2.24, 2.45) is 0 Å². The molecule has 0 radical (unpaired) electrons. The summed E-state index contributed by atoms with van der Waals surface area (Å²) >= 11 is 3.31. The minimum atomic E-state index is 0.361. The molecule has 0 unspecified atom stereocenters. The van der Waals surface area contributed by atoms with Gasteiger partial charge in [-0.3, -0.25) is 0 Å². The maximum Gasteiger partial charge on any atom is 0.217 e. The van der Waals surface area contributed by atoms with Crippen molar-refractivity contribution in [3.63, 3.8) is 0 Å². The molecule has 0 saturated heterocycles. The van der Waals surface area contributed by atoms with Crippen molar-refractivity contribution in [2.45, 2.75) is 18.9 Å². The first kappa shape index (κ1) is 9.09. The van der Waals surface area contributed by atoms with Crippen LogP contribution in [0, 0.1) is 0 Å². The van der Waals surface area contributed by atoms with Crippen LogP contribution in [-0.4, -0.2) is 14.8 Å². The summed E-state index contributed by atoms with van der Waals surface area (Å²) in [6.45, 7) is 0. The van der Waals surface area contributed by atoms with Crippen LogP contribution in [0.5, 0.6) is 0 Å². The first-order valence-electron chi connectivity index (χ1n) is 5.00. The fraction of sp³-hybridized carbons (Fsp3) is 0.273. The molecule has 1 aromatic carbocycles. The van der Waals surface area contributed by atoms with E-state index < -0.39 is 0 Å². The summed E-state index contributed by atoms with van der Waals surface area (Å²) < 4.78 is 2.72. The lowest BCUT2D eigenvalue weighted by atomic mass is 10.1. The van der Waals surface area contributed by atoms with E-state index in [4.69, 9.17) is 0 Å². The zero-order valence-electron chi connectivity index (χ0n) is 8.10. The van der Waals surface area contributed by atoms with Gasteiger partial charge in [-0.25, -0.2) is 9.67 Å². The molecule has 0 amide bonds. The molecule has 0 saturated carbocycles. The molecule has 1 atom stereocenters. The number of fused-ring (bicyclic) bond motifs is 1. The highest BCUT2D eigenvalue weighted by molar-refractivity contribution is 9.10. The van der Waals surface area contributed by atoms with Crippen molar-refractivity contribution in [1.29, 1.82) is 0 Å². The molecule has 2 heterocycles. The van der Waals surface area contributed by atoms with Crippen LogP contribution in [0.1, 0.15) is 23.9 Å². The molecule has 0 fully saturated rings. The lowest BCUT2D eigenvalue weighted by Crippen LogP contribution is -2.06. The number of rotatable bonds is 1. The Labute approximate surface area is 96.3 Å². The predicted molar refractivity (Wildman–Crippen MR) is 60.6 cm³/mol. The van der Waals surface area contributed by atoms with E-state index in [0.717, 1.165) is 18.7 Å². The molecule has 0 bridgehead atoms. The average Bonchev–Trinajstić information content (AvgIpc) is 2.77. The molecular formula is C11H10BrN3. The summed E-state index contributed by atoms with van der Waals surface area (Å²) in [6, 6.07) is 10.8. The van der Waals surface area contributed by atoms with E-state index in [1.807, 2.05) is 10.7 Å². The van der Waals surface area contributed by atoms with Crippen LogP contribution < -0.4 is 0 Å². The minimum Gasteiger partial charge on any atom is -0.241 e. The van der Waals surface area contributed by atoms with Crippen LogP contribution in [0.2, 0.25) is 0 Å². The highest BCUT2D eigenvalue weighted by Gasteiger charge is 2.26. The molecule has 1 aromatic heterocycles. The van der Waals surface area contributed by atoms with Gasteiger partial charge in [0, 0.05) is 6.42 Å². The fourth-order valence-corrected chi connectivity index (χ4v) is 2.49. The lowest BCUT2D eigenvalue weighted by molar-refractivity contribution is 0.552. The van der Waals surface area contributed by atoms with E-state index in [-0.39, 0.29) is 0 Å². The fourth-order valence-electron chi connectivity index (χ4n) is 2.12.